The zero-order chi connectivity index (χ0) is 12.0. The SMILES string of the molecule is CO/N=C1\c2cc(C)ccc2-c2nc(C)[nH]c21. The van der Waals surface area contributed by atoms with Gasteiger partial charge in [0, 0.05) is 11.1 Å². The van der Waals surface area contributed by atoms with Gasteiger partial charge in [-0.1, -0.05) is 22.9 Å². The molecule has 4 heteroatoms. The van der Waals surface area contributed by atoms with Gasteiger partial charge in [-0.05, 0) is 19.9 Å². The number of aryl methyl sites for hydroxylation is 2. The lowest BCUT2D eigenvalue weighted by Gasteiger charge is -2.02. The standard InChI is InChI=1S/C13H13N3O/c1-7-4-5-9-10(6-7)12(16-17-3)13-11(9)14-8(2)15-13/h4-6H,1-3H3,(H,14,15)/b16-12+. The van der Waals surface area contributed by atoms with Crippen molar-refractivity contribution in [2.75, 3.05) is 7.11 Å². The van der Waals surface area contributed by atoms with Crippen LogP contribution in [0.1, 0.15) is 22.6 Å². The first kappa shape index (κ1) is 10.1. The number of H-pyrrole nitrogens is 1. The fourth-order valence-electron chi connectivity index (χ4n) is 2.24. The molecule has 3 rings (SSSR count). The number of hydrogen-bond acceptors (Lipinski definition) is 3. The number of aromatic nitrogens is 2. The summed E-state index contributed by atoms with van der Waals surface area (Å²) in [5, 5.41) is 4.11. The van der Waals surface area contributed by atoms with Crippen molar-refractivity contribution in [2.24, 2.45) is 5.16 Å². The van der Waals surface area contributed by atoms with Gasteiger partial charge >= 0.3 is 0 Å². The molecule has 1 N–H and O–H groups in total. The smallest absolute Gasteiger partial charge is 0.136 e. The fourth-order valence-corrected chi connectivity index (χ4v) is 2.24. The highest BCUT2D eigenvalue weighted by Gasteiger charge is 2.29. The Labute approximate surface area is 99.3 Å². The summed E-state index contributed by atoms with van der Waals surface area (Å²) in [6.07, 6.45) is 0. The third kappa shape index (κ3) is 1.37. The number of nitrogens with one attached hydrogen (secondary N) is 1. The molecule has 86 valence electrons. The third-order valence-corrected chi connectivity index (χ3v) is 2.93. The Balaban J connectivity index is 2.32. The summed E-state index contributed by atoms with van der Waals surface area (Å²) in [7, 11) is 1.56. The maximum Gasteiger partial charge on any atom is 0.136 e. The molecular formula is C13H13N3O. The van der Waals surface area contributed by atoms with Crippen LogP contribution in [0.2, 0.25) is 0 Å². The summed E-state index contributed by atoms with van der Waals surface area (Å²) >= 11 is 0. The van der Waals surface area contributed by atoms with Crippen LogP contribution in [0.3, 0.4) is 0 Å². The average molecular weight is 227 g/mol. The molecule has 2 aromatic rings. The van der Waals surface area contributed by atoms with Crippen LogP contribution >= 0.6 is 0 Å². The van der Waals surface area contributed by atoms with Crippen LogP contribution in [-0.2, 0) is 4.84 Å². The van der Waals surface area contributed by atoms with E-state index in [9.17, 15) is 0 Å². The zero-order valence-corrected chi connectivity index (χ0v) is 10.0. The molecule has 1 aliphatic rings. The van der Waals surface area contributed by atoms with Crippen molar-refractivity contribution in [1.29, 1.82) is 0 Å². The van der Waals surface area contributed by atoms with E-state index in [1.54, 1.807) is 7.11 Å². The molecule has 0 amide bonds. The summed E-state index contributed by atoms with van der Waals surface area (Å²) in [6, 6.07) is 6.28. The second kappa shape index (κ2) is 3.45. The molecule has 0 saturated heterocycles. The largest absolute Gasteiger partial charge is 0.399 e. The minimum absolute atomic E-state index is 0.835. The molecule has 1 heterocycles. The molecular weight excluding hydrogens is 214 g/mol. The summed E-state index contributed by atoms with van der Waals surface area (Å²) in [4.78, 5) is 12.7. The van der Waals surface area contributed by atoms with Gasteiger partial charge in [0.15, 0.2) is 0 Å². The Bertz CT molecular complexity index is 626. The second-order valence-corrected chi connectivity index (χ2v) is 4.22. The van der Waals surface area contributed by atoms with Gasteiger partial charge in [-0.15, -0.1) is 0 Å². The van der Waals surface area contributed by atoms with Gasteiger partial charge < -0.3 is 9.82 Å². The van der Waals surface area contributed by atoms with Crippen LogP contribution in [0, 0.1) is 13.8 Å². The molecule has 0 spiro atoms. The summed E-state index contributed by atoms with van der Waals surface area (Å²) < 4.78 is 0. The summed E-state index contributed by atoms with van der Waals surface area (Å²) in [6.45, 7) is 4.01. The van der Waals surface area contributed by atoms with Crippen molar-refractivity contribution >= 4 is 5.71 Å². The van der Waals surface area contributed by atoms with Crippen LogP contribution < -0.4 is 0 Å². The molecule has 1 aromatic carbocycles. The lowest BCUT2D eigenvalue weighted by Crippen LogP contribution is -2.00. The number of imidazole rings is 1. The number of hydrogen-bond donors (Lipinski definition) is 1. The molecule has 17 heavy (non-hydrogen) atoms. The number of oxime groups is 1. The maximum absolute atomic E-state index is 4.93. The first-order valence-corrected chi connectivity index (χ1v) is 5.50. The van der Waals surface area contributed by atoms with E-state index < -0.39 is 0 Å². The van der Waals surface area contributed by atoms with E-state index in [0.717, 1.165) is 34.1 Å². The fraction of sp³-hybridized carbons (Fsp3) is 0.231. The highest BCUT2D eigenvalue weighted by atomic mass is 16.6. The zero-order valence-electron chi connectivity index (χ0n) is 10.0. The summed E-state index contributed by atoms with van der Waals surface area (Å²) in [5.74, 6) is 0.894. The topological polar surface area (TPSA) is 50.3 Å². The van der Waals surface area contributed by atoms with Gasteiger partial charge in [-0.3, -0.25) is 0 Å². The number of benzene rings is 1. The van der Waals surface area contributed by atoms with Crippen LogP contribution in [-0.4, -0.2) is 22.8 Å². The average Bonchev–Trinajstić information content (AvgIpc) is 2.77. The lowest BCUT2D eigenvalue weighted by molar-refractivity contribution is 0.214. The summed E-state index contributed by atoms with van der Waals surface area (Å²) in [5.41, 5.74) is 6.15. The van der Waals surface area contributed by atoms with E-state index in [2.05, 4.69) is 40.2 Å². The Morgan fingerprint density at radius 3 is 2.82 bits per heavy atom. The predicted molar refractivity (Wildman–Crippen MR) is 66.1 cm³/mol. The first-order valence-electron chi connectivity index (χ1n) is 5.50. The van der Waals surface area contributed by atoms with E-state index in [1.807, 2.05) is 6.92 Å². The number of nitrogens with zero attached hydrogens (tertiary/aromatic N) is 2. The quantitative estimate of drug-likeness (QED) is 0.649. The molecule has 0 atom stereocenters. The van der Waals surface area contributed by atoms with Crippen molar-refractivity contribution in [1.82, 2.24) is 9.97 Å². The predicted octanol–water partition coefficient (Wildman–Crippen LogP) is 2.41. The van der Waals surface area contributed by atoms with E-state index in [1.165, 1.54) is 5.56 Å². The second-order valence-electron chi connectivity index (χ2n) is 4.22. The Morgan fingerprint density at radius 1 is 1.24 bits per heavy atom. The molecule has 0 bridgehead atoms. The number of fused-ring (bicyclic) bond motifs is 3. The molecule has 0 radical (unpaired) electrons. The molecule has 0 aliphatic heterocycles. The van der Waals surface area contributed by atoms with Crippen LogP contribution in [0.15, 0.2) is 23.4 Å². The van der Waals surface area contributed by atoms with Gasteiger partial charge in [0.05, 0.1) is 11.4 Å². The Morgan fingerprint density at radius 2 is 2.06 bits per heavy atom. The molecule has 0 fully saturated rings. The minimum atomic E-state index is 0.835. The first-order chi connectivity index (χ1) is 8.20. The normalized spacial score (nSPS) is 14.9. The van der Waals surface area contributed by atoms with E-state index in [4.69, 9.17) is 4.84 Å². The van der Waals surface area contributed by atoms with Gasteiger partial charge in [0.1, 0.15) is 18.6 Å². The van der Waals surface area contributed by atoms with Gasteiger partial charge in [-0.2, -0.15) is 0 Å². The molecule has 4 nitrogen and oxygen atoms in total. The molecule has 1 aliphatic carbocycles. The van der Waals surface area contributed by atoms with Crippen molar-refractivity contribution < 1.29 is 4.84 Å². The van der Waals surface area contributed by atoms with Crippen molar-refractivity contribution in [3.8, 4) is 11.3 Å². The minimum Gasteiger partial charge on any atom is -0.399 e. The van der Waals surface area contributed by atoms with Crippen molar-refractivity contribution in [3.05, 3.63) is 40.8 Å². The molecule has 0 unspecified atom stereocenters. The van der Waals surface area contributed by atoms with Crippen molar-refractivity contribution in [3.63, 3.8) is 0 Å². The van der Waals surface area contributed by atoms with E-state index in [-0.39, 0.29) is 0 Å². The van der Waals surface area contributed by atoms with Gasteiger partial charge in [0.2, 0.25) is 0 Å². The van der Waals surface area contributed by atoms with Crippen LogP contribution in [0.25, 0.3) is 11.3 Å². The van der Waals surface area contributed by atoms with E-state index >= 15 is 0 Å². The van der Waals surface area contributed by atoms with Crippen LogP contribution in [0.5, 0.6) is 0 Å². The van der Waals surface area contributed by atoms with Crippen LogP contribution in [0.4, 0.5) is 0 Å². The lowest BCUT2D eigenvalue weighted by atomic mass is 10.1. The number of rotatable bonds is 1. The highest BCUT2D eigenvalue weighted by Crippen LogP contribution is 2.35. The van der Waals surface area contributed by atoms with Gasteiger partial charge in [0.25, 0.3) is 0 Å². The molecule has 1 aromatic heterocycles. The number of aromatic amines is 1. The Kier molecular flexibility index (Phi) is 2.04. The van der Waals surface area contributed by atoms with Gasteiger partial charge in [-0.25, -0.2) is 4.98 Å². The maximum atomic E-state index is 4.93. The molecule has 0 saturated carbocycles. The van der Waals surface area contributed by atoms with E-state index in [0.29, 0.717) is 0 Å². The third-order valence-electron chi connectivity index (χ3n) is 2.93. The highest BCUT2D eigenvalue weighted by molar-refractivity contribution is 6.22. The monoisotopic (exact) mass is 227 g/mol. The van der Waals surface area contributed by atoms with Crippen molar-refractivity contribution in [2.45, 2.75) is 13.8 Å². The Hall–Kier alpha value is -2.10.